The highest BCUT2D eigenvalue weighted by Crippen LogP contribution is 2.30. The van der Waals surface area contributed by atoms with Gasteiger partial charge in [-0.1, -0.05) is 19.3 Å². The van der Waals surface area contributed by atoms with E-state index in [0.717, 1.165) is 12.5 Å². The Hall–Kier alpha value is -0.0800. The summed E-state index contributed by atoms with van der Waals surface area (Å²) in [6.45, 7) is 0.854. The summed E-state index contributed by atoms with van der Waals surface area (Å²) in [5, 5.41) is 3.28. The topological polar surface area (TPSA) is 21.3 Å². The molecule has 1 saturated carbocycles. The lowest BCUT2D eigenvalue weighted by Gasteiger charge is -2.29. The molecule has 2 heteroatoms. The summed E-state index contributed by atoms with van der Waals surface area (Å²) >= 11 is 0. The van der Waals surface area contributed by atoms with Gasteiger partial charge in [-0.2, -0.15) is 0 Å². The van der Waals surface area contributed by atoms with Crippen LogP contribution in [0.3, 0.4) is 0 Å². The van der Waals surface area contributed by atoms with Crippen LogP contribution in [0.15, 0.2) is 0 Å². The van der Waals surface area contributed by atoms with Gasteiger partial charge in [-0.25, -0.2) is 0 Å². The van der Waals surface area contributed by atoms with E-state index in [1.54, 1.807) is 7.11 Å². The Morgan fingerprint density at radius 3 is 2.64 bits per heavy atom. The maximum absolute atomic E-state index is 5.10. The Bertz CT molecular complexity index is 102. The van der Waals surface area contributed by atoms with Crippen molar-refractivity contribution < 1.29 is 4.74 Å². The highest BCUT2D eigenvalue weighted by molar-refractivity contribution is 4.76. The van der Waals surface area contributed by atoms with Crippen molar-refractivity contribution in [1.29, 1.82) is 0 Å². The number of nitrogens with one attached hydrogen (secondary N) is 1. The standard InChI is InChI=1S/C9H19NO/c1-10-9(7-11-2)6-8-4-3-5-8/h8-10H,3-7H2,1-2H3. The Morgan fingerprint density at radius 2 is 2.27 bits per heavy atom. The van der Waals surface area contributed by atoms with Gasteiger partial charge in [0.1, 0.15) is 0 Å². The molecule has 0 aromatic carbocycles. The quantitative estimate of drug-likeness (QED) is 0.651. The summed E-state index contributed by atoms with van der Waals surface area (Å²) < 4.78 is 5.10. The van der Waals surface area contributed by atoms with Crippen molar-refractivity contribution >= 4 is 0 Å². The second kappa shape index (κ2) is 4.73. The third-order valence-electron chi connectivity index (χ3n) is 2.62. The summed E-state index contributed by atoms with van der Waals surface area (Å²) in [5.74, 6) is 0.975. The number of rotatable bonds is 5. The molecule has 0 spiro atoms. The zero-order chi connectivity index (χ0) is 8.10. The minimum absolute atomic E-state index is 0.574. The maximum atomic E-state index is 5.10. The van der Waals surface area contributed by atoms with E-state index in [1.807, 2.05) is 7.05 Å². The Labute approximate surface area is 69.3 Å². The van der Waals surface area contributed by atoms with Crippen LogP contribution in [0.5, 0.6) is 0 Å². The molecular weight excluding hydrogens is 138 g/mol. The predicted molar refractivity (Wildman–Crippen MR) is 46.7 cm³/mol. The van der Waals surface area contributed by atoms with Gasteiger partial charge in [-0.3, -0.25) is 0 Å². The third kappa shape index (κ3) is 2.80. The van der Waals surface area contributed by atoms with E-state index in [2.05, 4.69) is 5.32 Å². The molecule has 1 aliphatic carbocycles. The summed E-state index contributed by atoms with van der Waals surface area (Å²) in [6.07, 6.45) is 5.60. The fourth-order valence-electron chi connectivity index (χ4n) is 1.60. The van der Waals surface area contributed by atoms with Gasteiger partial charge < -0.3 is 10.1 Å². The van der Waals surface area contributed by atoms with E-state index in [9.17, 15) is 0 Å². The number of hydrogen-bond acceptors (Lipinski definition) is 2. The first-order valence-electron chi connectivity index (χ1n) is 4.53. The highest BCUT2D eigenvalue weighted by atomic mass is 16.5. The second-order valence-corrected chi connectivity index (χ2v) is 3.47. The first-order valence-corrected chi connectivity index (χ1v) is 4.53. The van der Waals surface area contributed by atoms with Crippen molar-refractivity contribution in [3.05, 3.63) is 0 Å². The van der Waals surface area contributed by atoms with Crippen LogP contribution in [0, 0.1) is 5.92 Å². The number of methoxy groups -OCH3 is 1. The van der Waals surface area contributed by atoms with E-state index in [1.165, 1.54) is 25.7 Å². The first-order chi connectivity index (χ1) is 5.36. The molecule has 1 fully saturated rings. The highest BCUT2D eigenvalue weighted by Gasteiger charge is 2.20. The lowest BCUT2D eigenvalue weighted by Crippen LogP contribution is -2.33. The van der Waals surface area contributed by atoms with Crippen molar-refractivity contribution in [2.45, 2.75) is 31.7 Å². The fraction of sp³-hybridized carbons (Fsp3) is 1.00. The van der Waals surface area contributed by atoms with Gasteiger partial charge in [0, 0.05) is 13.2 Å². The smallest absolute Gasteiger partial charge is 0.0615 e. The molecule has 2 nitrogen and oxygen atoms in total. The SMILES string of the molecule is CNC(COC)CC1CCC1. The van der Waals surface area contributed by atoms with Gasteiger partial charge in [0.25, 0.3) is 0 Å². The third-order valence-corrected chi connectivity index (χ3v) is 2.62. The van der Waals surface area contributed by atoms with Crippen LogP contribution in [0.1, 0.15) is 25.7 Å². The molecule has 11 heavy (non-hydrogen) atoms. The summed E-state index contributed by atoms with van der Waals surface area (Å²) in [6, 6.07) is 0.574. The zero-order valence-corrected chi connectivity index (χ0v) is 7.60. The molecule has 66 valence electrons. The van der Waals surface area contributed by atoms with Crippen molar-refractivity contribution in [1.82, 2.24) is 5.32 Å². The number of likely N-dealkylation sites (N-methyl/N-ethyl adjacent to an activating group) is 1. The van der Waals surface area contributed by atoms with Crippen LogP contribution < -0.4 is 5.32 Å². The van der Waals surface area contributed by atoms with Crippen molar-refractivity contribution in [2.75, 3.05) is 20.8 Å². The molecule has 1 rings (SSSR count). The maximum Gasteiger partial charge on any atom is 0.0615 e. The summed E-state index contributed by atoms with van der Waals surface area (Å²) in [4.78, 5) is 0. The lowest BCUT2D eigenvalue weighted by molar-refractivity contribution is 0.145. The molecule has 0 aromatic rings. The molecule has 1 atom stereocenters. The van der Waals surface area contributed by atoms with Crippen molar-refractivity contribution in [3.63, 3.8) is 0 Å². The van der Waals surface area contributed by atoms with Crippen LogP contribution in [-0.4, -0.2) is 26.8 Å². The monoisotopic (exact) mass is 157 g/mol. The molecule has 1 N–H and O–H groups in total. The molecule has 0 heterocycles. The van der Waals surface area contributed by atoms with E-state index in [0.29, 0.717) is 6.04 Å². The fourth-order valence-corrected chi connectivity index (χ4v) is 1.60. The van der Waals surface area contributed by atoms with Gasteiger partial charge in [0.05, 0.1) is 6.61 Å². The van der Waals surface area contributed by atoms with Crippen molar-refractivity contribution in [3.8, 4) is 0 Å². The van der Waals surface area contributed by atoms with E-state index >= 15 is 0 Å². The molecule has 0 radical (unpaired) electrons. The second-order valence-electron chi connectivity index (χ2n) is 3.47. The largest absolute Gasteiger partial charge is 0.383 e. The van der Waals surface area contributed by atoms with Crippen molar-refractivity contribution in [2.24, 2.45) is 5.92 Å². The van der Waals surface area contributed by atoms with Crippen LogP contribution in [-0.2, 0) is 4.74 Å². The minimum atomic E-state index is 0.574. The lowest BCUT2D eigenvalue weighted by atomic mass is 9.81. The Kier molecular flexibility index (Phi) is 3.87. The van der Waals surface area contributed by atoms with Gasteiger partial charge in [-0.15, -0.1) is 0 Å². The van der Waals surface area contributed by atoms with E-state index < -0.39 is 0 Å². The van der Waals surface area contributed by atoms with E-state index in [4.69, 9.17) is 4.74 Å². The molecule has 0 amide bonds. The summed E-state index contributed by atoms with van der Waals surface area (Å²) in [5.41, 5.74) is 0. The number of ether oxygens (including phenoxy) is 1. The normalized spacial score (nSPS) is 21.3. The zero-order valence-electron chi connectivity index (χ0n) is 7.60. The predicted octanol–water partition coefficient (Wildman–Crippen LogP) is 1.41. The molecule has 0 saturated heterocycles. The summed E-state index contributed by atoms with van der Waals surface area (Å²) in [7, 11) is 3.79. The average molecular weight is 157 g/mol. The molecule has 0 bridgehead atoms. The molecule has 0 aliphatic heterocycles. The Balaban J connectivity index is 2.08. The van der Waals surface area contributed by atoms with Gasteiger partial charge in [0.2, 0.25) is 0 Å². The van der Waals surface area contributed by atoms with Gasteiger partial charge >= 0.3 is 0 Å². The van der Waals surface area contributed by atoms with Crippen LogP contribution in [0.4, 0.5) is 0 Å². The van der Waals surface area contributed by atoms with Crippen LogP contribution in [0.25, 0.3) is 0 Å². The van der Waals surface area contributed by atoms with Crippen LogP contribution in [0.2, 0.25) is 0 Å². The average Bonchev–Trinajstić information content (AvgIpc) is 1.94. The molecule has 1 unspecified atom stereocenters. The van der Waals surface area contributed by atoms with Gasteiger partial charge in [-0.05, 0) is 19.4 Å². The molecular formula is C9H19NO. The molecule has 1 aliphatic rings. The minimum Gasteiger partial charge on any atom is -0.383 e. The molecule has 0 aromatic heterocycles. The number of hydrogen-bond donors (Lipinski definition) is 1. The van der Waals surface area contributed by atoms with Gasteiger partial charge in [0.15, 0.2) is 0 Å². The van der Waals surface area contributed by atoms with E-state index in [-0.39, 0.29) is 0 Å². The first kappa shape index (κ1) is 9.01. The van der Waals surface area contributed by atoms with Crippen LogP contribution >= 0.6 is 0 Å². The Morgan fingerprint density at radius 1 is 1.55 bits per heavy atom.